The highest BCUT2D eigenvalue weighted by molar-refractivity contribution is 9.10. The van der Waals surface area contributed by atoms with Gasteiger partial charge in [0.25, 0.3) is 0 Å². The first-order valence-electron chi connectivity index (χ1n) is 5.27. The van der Waals surface area contributed by atoms with Crippen molar-refractivity contribution in [2.45, 2.75) is 13.8 Å². The number of ether oxygens (including phenoxy) is 1. The zero-order valence-electron chi connectivity index (χ0n) is 10.0. The number of hydrogen-bond donors (Lipinski definition) is 1. The summed E-state index contributed by atoms with van der Waals surface area (Å²) in [6.45, 7) is 4.95. The summed E-state index contributed by atoms with van der Waals surface area (Å²) in [5.41, 5.74) is 1.16. The molecule has 1 N–H and O–H groups in total. The Labute approximate surface area is 115 Å². The van der Waals surface area contributed by atoms with Gasteiger partial charge in [0.05, 0.1) is 18.4 Å². The highest BCUT2D eigenvalue weighted by Gasteiger charge is 2.16. The predicted octanol–water partition coefficient (Wildman–Crippen LogP) is 3.96. The van der Waals surface area contributed by atoms with Crippen LogP contribution in [-0.4, -0.2) is 19.6 Å². The molecular formula is C12H15BrClNO2. The van der Waals surface area contributed by atoms with Crippen LogP contribution in [0.3, 0.4) is 0 Å². The third-order valence-corrected chi connectivity index (χ3v) is 2.99. The van der Waals surface area contributed by atoms with Gasteiger partial charge in [-0.2, -0.15) is 0 Å². The first-order chi connectivity index (χ1) is 7.95. The van der Waals surface area contributed by atoms with Crippen LogP contribution in [0.4, 0.5) is 5.69 Å². The Bertz CT molecular complexity index is 421. The Morgan fingerprint density at radius 2 is 2.18 bits per heavy atom. The topological polar surface area (TPSA) is 38.3 Å². The minimum Gasteiger partial charge on any atom is -0.465 e. The molecule has 0 fully saturated rings. The quantitative estimate of drug-likeness (QED) is 0.854. The van der Waals surface area contributed by atoms with E-state index in [4.69, 9.17) is 16.3 Å². The lowest BCUT2D eigenvalue weighted by Crippen LogP contribution is -2.13. The molecule has 0 saturated carbocycles. The van der Waals surface area contributed by atoms with Gasteiger partial charge in [0.15, 0.2) is 0 Å². The fourth-order valence-corrected chi connectivity index (χ4v) is 2.28. The maximum atomic E-state index is 11.6. The average Bonchev–Trinajstić information content (AvgIpc) is 2.25. The first kappa shape index (κ1) is 14.3. The molecule has 5 heteroatoms. The summed E-state index contributed by atoms with van der Waals surface area (Å²) in [4.78, 5) is 11.6. The number of carbonyl (C=O) groups is 1. The van der Waals surface area contributed by atoms with Crippen molar-refractivity contribution in [3.8, 4) is 0 Å². The number of halogens is 2. The van der Waals surface area contributed by atoms with Crippen LogP contribution in [0, 0.1) is 5.92 Å². The van der Waals surface area contributed by atoms with Crippen LogP contribution in [0.15, 0.2) is 16.6 Å². The van der Waals surface area contributed by atoms with Crippen molar-refractivity contribution in [1.82, 2.24) is 0 Å². The second-order valence-electron chi connectivity index (χ2n) is 4.08. The minimum atomic E-state index is -0.403. The van der Waals surface area contributed by atoms with Crippen molar-refractivity contribution in [2.75, 3.05) is 19.0 Å². The Balaban J connectivity index is 3.11. The maximum Gasteiger partial charge on any atom is 0.340 e. The van der Waals surface area contributed by atoms with Crippen LogP contribution >= 0.6 is 27.5 Å². The SMILES string of the molecule is COC(=O)c1cc(Cl)cc(Br)c1NCC(C)C. The minimum absolute atomic E-state index is 0.403. The molecule has 94 valence electrons. The van der Waals surface area contributed by atoms with Crippen LogP contribution < -0.4 is 5.32 Å². The fraction of sp³-hybridized carbons (Fsp3) is 0.417. The first-order valence-corrected chi connectivity index (χ1v) is 6.44. The van der Waals surface area contributed by atoms with E-state index in [9.17, 15) is 4.79 Å². The summed E-state index contributed by atoms with van der Waals surface area (Å²) in [6.07, 6.45) is 0. The van der Waals surface area contributed by atoms with Gasteiger partial charge in [0, 0.05) is 16.0 Å². The van der Waals surface area contributed by atoms with Crippen molar-refractivity contribution < 1.29 is 9.53 Å². The van der Waals surface area contributed by atoms with Crippen LogP contribution in [0.5, 0.6) is 0 Å². The smallest absolute Gasteiger partial charge is 0.340 e. The summed E-state index contributed by atoms with van der Waals surface area (Å²) in [7, 11) is 1.35. The molecule has 0 aliphatic carbocycles. The van der Waals surface area contributed by atoms with Crippen LogP contribution in [-0.2, 0) is 4.74 Å². The number of rotatable bonds is 4. The van der Waals surface area contributed by atoms with E-state index in [2.05, 4.69) is 35.1 Å². The van der Waals surface area contributed by atoms with E-state index in [1.165, 1.54) is 7.11 Å². The van der Waals surface area contributed by atoms with Gasteiger partial charge in [0.1, 0.15) is 0 Å². The van der Waals surface area contributed by atoms with Crippen molar-refractivity contribution in [3.05, 3.63) is 27.2 Å². The Morgan fingerprint density at radius 1 is 1.53 bits per heavy atom. The molecule has 0 atom stereocenters. The summed E-state index contributed by atoms with van der Waals surface area (Å²) in [5.74, 6) is 0.0718. The molecule has 17 heavy (non-hydrogen) atoms. The van der Waals surface area contributed by atoms with Gasteiger partial charge in [-0.1, -0.05) is 25.4 Å². The standard InChI is InChI=1S/C12H15BrClNO2/c1-7(2)6-15-11-9(12(16)17-3)4-8(14)5-10(11)13/h4-5,7,15H,6H2,1-3H3. The van der Waals surface area contributed by atoms with Crippen molar-refractivity contribution in [3.63, 3.8) is 0 Å². The molecule has 1 rings (SSSR count). The van der Waals surface area contributed by atoms with Crippen molar-refractivity contribution in [1.29, 1.82) is 0 Å². The lowest BCUT2D eigenvalue weighted by atomic mass is 10.1. The molecular weight excluding hydrogens is 305 g/mol. The Hall–Kier alpha value is -0.740. The lowest BCUT2D eigenvalue weighted by molar-refractivity contribution is 0.0601. The summed E-state index contributed by atoms with van der Waals surface area (Å²) in [5, 5.41) is 3.71. The normalized spacial score (nSPS) is 10.5. The molecule has 0 bridgehead atoms. The third-order valence-electron chi connectivity index (χ3n) is 2.15. The van der Waals surface area contributed by atoms with E-state index in [1.54, 1.807) is 12.1 Å². The third kappa shape index (κ3) is 3.89. The van der Waals surface area contributed by atoms with E-state index in [0.29, 0.717) is 16.5 Å². The predicted molar refractivity (Wildman–Crippen MR) is 73.8 cm³/mol. The Kier molecular flexibility index (Phi) is 5.28. The highest BCUT2D eigenvalue weighted by atomic mass is 79.9. The molecule has 1 aromatic carbocycles. The zero-order valence-corrected chi connectivity index (χ0v) is 12.4. The monoisotopic (exact) mass is 319 g/mol. The van der Waals surface area contributed by atoms with Crippen molar-refractivity contribution in [2.24, 2.45) is 5.92 Å². The Morgan fingerprint density at radius 3 is 2.71 bits per heavy atom. The molecule has 3 nitrogen and oxygen atoms in total. The van der Waals surface area contributed by atoms with E-state index >= 15 is 0 Å². The number of carbonyl (C=O) groups excluding carboxylic acids is 1. The van der Waals surface area contributed by atoms with Gasteiger partial charge in [-0.15, -0.1) is 0 Å². The number of benzene rings is 1. The molecule has 0 aliphatic rings. The molecule has 0 saturated heterocycles. The summed E-state index contributed by atoms with van der Waals surface area (Å²) >= 11 is 9.31. The van der Waals surface area contributed by atoms with Gasteiger partial charge < -0.3 is 10.1 Å². The summed E-state index contributed by atoms with van der Waals surface area (Å²) in [6, 6.07) is 3.34. The molecule has 0 heterocycles. The van der Waals surface area contributed by atoms with Gasteiger partial charge >= 0.3 is 5.97 Å². The van der Waals surface area contributed by atoms with Gasteiger partial charge in [-0.3, -0.25) is 0 Å². The van der Waals surface area contributed by atoms with E-state index in [0.717, 1.165) is 16.7 Å². The van der Waals surface area contributed by atoms with Crippen LogP contribution in [0.25, 0.3) is 0 Å². The second kappa shape index (κ2) is 6.26. The van der Waals surface area contributed by atoms with Gasteiger partial charge in [-0.25, -0.2) is 4.79 Å². The second-order valence-corrected chi connectivity index (χ2v) is 5.37. The number of methoxy groups -OCH3 is 1. The van der Waals surface area contributed by atoms with Crippen LogP contribution in [0.2, 0.25) is 5.02 Å². The molecule has 0 unspecified atom stereocenters. The number of anilines is 1. The lowest BCUT2D eigenvalue weighted by Gasteiger charge is -2.14. The molecule has 0 aliphatic heterocycles. The van der Waals surface area contributed by atoms with E-state index in [1.807, 2.05) is 0 Å². The molecule has 0 aromatic heterocycles. The average molecular weight is 321 g/mol. The number of hydrogen-bond acceptors (Lipinski definition) is 3. The molecule has 0 radical (unpaired) electrons. The zero-order chi connectivity index (χ0) is 13.0. The molecule has 0 spiro atoms. The van der Waals surface area contributed by atoms with E-state index < -0.39 is 5.97 Å². The van der Waals surface area contributed by atoms with Gasteiger partial charge in [-0.05, 0) is 34.0 Å². The fourth-order valence-electron chi connectivity index (χ4n) is 1.33. The molecule has 1 aromatic rings. The number of esters is 1. The largest absolute Gasteiger partial charge is 0.465 e. The van der Waals surface area contributed by atoms with Gasteiger partial charge in [0.2, 0.25) is 0 Å². The maximum absolute atomic E-state index is 11.6. The number of nitrogens with one attached hydrogen (secondary N) is 1. The van der Waals surface area contributed by atoms with Crippen LogP contribution in [0.1, 0.15) is 24.2 Å². The van der Waals surface area contributed by atoms with E-state index in [-0.39, 0.29) is 0 Å². The highest BCUT2D eigenvalue weighted by Crippen LogP contribution is 2.31. The summed E-state index contributed by atoms with van der Waals surface area (Å²) < 4.78 is 5.49. The molecule has 0 amide bonds. The van der Waals surface area contributed by atoms with Crippen molar-refractivity contribution >= 4 is 39.2 Å².